The van der Waals surface area contributed by atoms with Crippen LogP contribution in [0.4, 0.5) is 9.93 Å². The van der Waals surface area contributed by atoms with E-state index in [1.54, 1.807) is 0 Å². The van der Waals surface area contributed by atoms with Crippen molar-refractivity contribution in [2.45, 2.75) is 102 Å². The second-order valence-corrected chi connectivity index (χ2v) is 10.4. The first-order valence-electron chi connectivity index (χ1n) is 12.0. The summed E-state index contributed by atoms with van der Waals surface area (Å²) < 4.78 is 0. The van der Waals surface area contributed by atoms with Gasteiger partial charge in [-0.2, -0.15) is 0 Å². The van der Waals surface area contributed by atoms with Gasteiger partial charge in [-0.15, -0.1) is 11.3 Å². The molecule has 8 heteroatoms. The molecule has 1 unspecified atom stereocenters. The van der Waals surface area contributed by atoms with E-state index in [-0.39, 0.29) is 18.0 Å². The van der Waals surface area contributed by atoms with E-state index in [9.17, 15) is 9.59 Å². The Labute approximate surface area is 189 Å². The van der Waals surface area contributed by atoms with Gasteiger partial charge in [0, 0.05) is 29.7 Å². The number of nitrogens with two attached hydrogens (primary N) is 1. The van der Waals surface area contributed by atoms with Gasteiger partial charge >= 0.3 is 6.03 Å². The van der Waals surface area contributed by atoms with Crippen molar-refractivity contribution < 1.29 is 9.59 Å². The summed E-state index contributed by atoms with van der Waals surface area (Å²) >= 11 is 1.51. The molecule has 2 aliphatic carbocycles. The summed E-state index contributed by atoms with van der Waals surface area (Å²) in [7, 11) is 0. The zero-order valence-electron chi connectivity index (χ0n) is 18.4. The first-order chi connectivity index (χ1) is 15.1. The van der Waals surface area contributed by atoms with Gasteiger partial charge in [0.1, 0.15) is 0 Å². The third-order valence-electron chi connectivity index (χ3n) is 7.08. The highest BCUT2D eigenvalue weighted by molar-refractivity contribution is 7.15. The number of thiazole rings is 1. The largest absolute Gasteiger partial charge is 0.368 e. The summed E-state index contributed by atoms with van der Waals surface area (Å²) in [4.78, 5) is 34.9. The number of urea groups is 1. The number of nitrogens with one attached hydrogen (secondary N) is 1. The topological polar surface area (TPSA) is 91.6 Å². The Morgan fingerprint density at radius 2 is 1.74 bits per heavy atom. The normalized spacial score (nSPS) is 24.1. The molecule has 1 aliphatic heterocycles. The van der Waals surface area contributed by atoms with Crippen LogP contribution in [0.1, 0.15) is 81.9 Å². The molecule has 0 bridgehead atoms. The number of anilines is 1. The molecule has 1 aromatic heterocycles. The van der Waals surface area contributed by atoms with Crippen molar-refractivity contribution in [1.29, 1.82) is 0 Å². The zero-order chi connectivity index (χ0) is 21.6. The Morgan fingerprint density at radius 1 is 1.10 bits per heavy atom. The summed E-state index contributed by atoms with van der Waals surface area (Å²) in [6.07, 6.45) is 17.5. The van der Waals surface area contributed by atoms with Crippen molar-refractivity contribution in [2.24, 2.45) is 5.73 Å². The van der Waals surface area contributed by atoms with Crippen molar-refractivity contribution >= 4 is 28.4 Å². The van der Waals surface area contributed by atoms with Crippen LogP contribution in [-0.2, 0) is 11.3 Å². The number of aromatic nitrogens is 1. The number of likely N-dealkylation sites (tertiary alicyclic amines) is 1. The van der Waals surface area contributed by atoms with Gasteiger partial charge in [-0.05, 0) is 51.5 Å². The number of nitrogens with zero attached hydrogens (tertiary/aromatic N) is 3. The summed E-state index contributed by atoms with van der Waals surface area (Å²) in [5, 5.41) is 3.76. The van der Waals surface area contributed by atoms with Crippen LogP contribution in [0.2, 0.25) is 0 Å². The molecule has 1 atom stereocenters. The Morgan fingerprint density at radius 3 is 2.35 bits per heavy atom. The molecule has 3 amide bonds. The maximum atomic E-state index is 13.4. The van der Waals surface area contributed by atoms with Gasteiger partial charge in [-0.3, -0.25) is 15.0 Å². The van der Waals surface area contributed by atoms with Gasteiger partial charge in [0.05, 0.1) is 6.04 Å². The van der Waals surface area contributed by atoms with E-state index in [4.69, 9.17) is 5.73 Å². The second kappa shape index (κ2) is 10.8. The van der Waals surface area contributed by atoms with E-state index in [0.717, 1.165) is 43.5 Å². The smallest absolute Gasteiger partial charge is 0.324 e. The lowest BCUT2D eigenvalue weighted by Crippen LogP contribution is -2.50. The number of amides is 3. The van der Waals surface area contributed by atoms with Gasteiger partial charge in [0.15, 0.2) is 5.13 Å². The molecule has 1 aromatic rings. The van der Waals surface area contributed by atoms with Gasteiger partial charge in [0.2, 0.25) is 5.91 Å². The van der Waals surface area contributed by atoms with E-state index in [1.165, 1.54) is 49.9 Å². The molecule has 0 aromatic carbocycles. The van der Waals surface area contributed by atoms with Crippen molar-refractivity contribution in [2.75, 3.05) is 11.9 Å². The van der Waals surface area contributed by atoms with Gasteiger partial charge < -0.3 is 10.6 Å². The van der Waals surface area contributed by atoms with Gasteiger partial charge in [-0.25, -0.2) is 9.78 Å². The fraction of sp³-hybridized carbons (Fsp3) is 0.739. The van der Waals surface area contributed by atoms with Crippen LogP contribution in [0, 0.1) is 6.42 Å². The summed E-state index contributed by atoms with van der Waals surface area (Å²) in [6, 6.07) is 0.485. The van der Waals surface area contributed by atoms with Crippen molar-refractivity contribution in [3.63, 3.8) is 0 Å². The third kappa shape index (κ3) is 5.77. The minimum absolute atomic E-state index is 0.0160. The van der Waals surface area contributed by atoms with Crippen LogP contribution in [0.3, 0.4) is 0 Å². The molecule has 0 spiro atoms. The number of hydrogen-bond acceptors (Lipinski definition) is 5. The highest BCUT2D eigenvalue weighted by Crippen LogP contribution is 2.31. The highest BCUT2D eigenvalue weighted by atomic mass is 32.1. The molecule has 3 aliphatic rings. The second-order valence-electron chi connectivity index (χ2n) is 9.25. The molecule has 2 heterocycles. The molecule has 2 saturated carbocycles. The van der Waals surface area contributed by atoms with E-state index < -0.39 is 0 Å². The van der Waals surface area contributed by atoms with E-state index in [2.05, 4.69) is 26.5 Å². The lowest BCUT2D eigenvalue weighted by molar-refractivity contribution is -0.124. The standard InChI is InChI=1S/C23H36N5O2S/c24-21(29)20-13-7-8-14-27(20)16-19-15-25-22(31-19)26-23(30)28(17-9-3-1-4-10-17)18-11-5-2-6-12-18/h7,15,17-18,20H,1-6,8-14,16H2,(H2,24,29)(H,25,26,30). The fourth-order valence-corrected chi connectivity index (χ4v) is 6.29. The summed E-state index contributed by atoms with van der Waals surface area (Å²) in [5.41, 5.74) is 5.58. The van der Waals surface area contributed by atoms with Crippen LogP contribution in [0.25, 0.3) is 0 Å². The predicted molar refractivity (Wildman–Crippen MR) is 124 cm³/mol. The Balaban J connectivity index is 1.40. The van der Waals surface area contributed by atoms with Crippen LogP contribution in [0.5, 0.6) is 0 Å². The molecule has 1 saturated heterocycles. The van der Waals surface area contributed by atoms with Crippen molar-refractivity contribution in [1.82, 2.24) is 14.8 Å². The minimum Gasteiger partial charge on any atom is -0.368 e. The zero-order valence-corrected chi connectivity index (χ0v) is 19.2. The lowest BCUT2D eigenvalue weighted by Gasteiger charge is -2.41. The third-order valence-corrected chi connectivity index (χ3v) is 7.97. The Bertz CT molecular complexity index is 724. The molecule has 3 fully saturated rings. The maximum absolute atomic E-state index is 13.4. The quantitative estimate of drug-likeness (QED) is 0.682. The highest BCUT2D eigenvalue weighted by Gasteiger charge is 2.33. The predicted octanol–water partition coefficient (Wildman–Crippen LogP) is 4.30. The first kappa shape index (κ1) is 22.5. The number of primary amides is 1. The van der Waals surface area contributed by atoms with Crippen LogP contribution >= 0.6 is 11.3 Å². The molecular formula is C23H36N5O2S. The van der Waals surface area contributed by atoms with Crippen LogP contribution < -0.4 is 11.1 Å². The fourth-order valence-electron chi connectivity index (χ4n) is 5.47. The van der Waals surface area contributed by atoms with Crippen molar-refractivity contribution in [3.05, 3.63) is 17.5 Å². The summed E-state index contributed by atoms with van der Waals surface area (Å²) in [5.74, 6) is -0.274. The van der Waals surface area contributed by atoms with Crippen LogP contribution in [0.15, 0.2) is 6.20 Å². The van der Waals surface area contributed by atoms with E-state index in [0.29, 0.717) is 30.2 Å². The number of carbonyl (C=O) groups is 2. The number of carbonyl (C=O) groups excluding carboxylic acids is 2. The van der Waals surface area contributed by atoms with Crippen molar-refractivity contribution in [3.8, 4) is 0 Å². The summed E-state index contributed by atoms with van der Waals surface area (Å²) in [6.45, 7) is 1.47. The molecule has 1 radical (unpaired) electrons. The average Bonchev–Trinajstić information content (AvgIpc) is 3.22. The molecule has 3 N–H and O–H groups in total. The van der Waals surface area contributed by atoms with E-state index >= 15 is 0 Å². The molecule has 171 valence electrons. The maximum Gasteiger partial charge on any atom is 0.324 e. The SMILES string of the molecule is NC(=O)C1C[CH]CCN1Cc1cnc(NC(=O)N(C2CCCCC2)C2CCCCC2)s1. The minimum atomic E-state index is -0.274. The average molecular weight is 447 g/mol. The van der Waals surface area contributed by atoms with Crippen LogP contribution in [-0.4, -0.2) is 51.4 Å². The first-order valence-corrected chi connectivity index (χ1v) is 12.8. The Hall–Kier alpha value is -1.67. The van der Waals surface area contributed by atoms with Gasteiger partial charge in [-0.1, -0.05) is 38.5 Å². The molecular weight excluding hydrogens is 410 g/mol. The molecule has 7 nitrogen and oxygen atoms in total. The van der Waals surface area contributed by atoms with Gasteiger partial charge in [0.25, 0.3) is 0 Å². The molecule has 31 heavy (non-hydrogen) atoms. The number of rotatable bonds is 6. The van der Waals surface area contributed by atoms with E-state index in [1.807, 2.05) is 6.20 Å². The number of hydrogen-bond donors (Lipinski definition) is 2. The number of piperidine rings is 1. The molecule has 4 rings (SSSR count). The monoisotopic (exact) mass is 446 g/mol. The Kier molecular flexibility index (Phi) is 7.82. The lowest BCUT2D eigenvalue weighted by atomic mass is 9.89.